The molecule has 0 amide bonds. The third-order valence-electron chi connectivity index (χ3n) is 2.06. The Balaban J connectivity index is 2.74. The number of hydrogen-bond donors (Lipinski definition) is 0. The van der Waals surface area contributed by atoms with E-state index in [2.05, 4.69) is 8.75 Å². The lowest BCUT2D eigenvalue weighted by atomic mass is 9.72. The van der Waals surface area contributed by atoms with E-state index >= 15 is 0 Å². The molecule has 5 heteroatoms. The molecule has 1 aromatic heterocycles. The smallest absolute Gasteiger partial charge is 0.151 e. The van der Waals surface area contributed by atoms with Crippen LogP contribution in [0.3, 0.4) is 0 Å². The highest BCUT2D eigenvalue weighted by Crippen LogP contribution is 2.14. The second-order valence-electron chi connectivity index (χ2n) is 2.77. The van der Waals surface area contributed by atoms with Gasteiger partial charge in [-0.05, 0) is 5.56 Å². The van der Waals surface area contributed by atoms with E-state index in [4.69, 9.17) is 7.85 Å². The van der Waals surface area contributed by atoms with Gasteiger partial charge in [-0.3, -0.25) is 0 Å². The van der Waals surface area contributed by atoms with Crippen molar-refractivity contribution in [2.24, 2.45) is 0 Å². The van der Waals surface area contributed by atoms with Gasteiger partial charge in [0.05, 0.1) is 25.1 Å². The van der Waals surface area contributed by atoms with Gasteiger partial charge in [0, 0.05) is 0 Å². The van der Waals surface area contributed by atoms with E-state index in [0.29, 0.717) is 6.32 Å². The zero-order chi connectivity index (χ0) is 9.26. The van der Waals surface area contributed by atoms with Crippen LogP contribution in [0.15, 0.2) is 12.1 Å². The normalized spacial score (nSPS) is 10.5. The summed E-state index contributed by atoms with van der Waals surface area (Å²) in [5.74, 6) is 0. The predicted octanol–water partition coefficient (Wildman–Crippen LogP) is 0.737. The van der Waals surface area contributed by atoms with Crippen molar-refractivity contribution in [2.75, 3.05) is 0 Å². The van der Waals surface area contributed by atoms with Gasteiger partial charge in [0.15, 0.2) is 7.28 Å². The number of fused-ring (bicyclic) bond motifs is 1. The van der Waals surface area contributed by atoms with Crippen molar-refractivity contribution in [1.29, 1.82) is 0 Å². The topological polar surface area (TPSA) is 25.8 Å². The summed E-state index contributed by atoms with van der Waals surface area (Å²) in [5, 5.41) is 0. The van der Waals surface area contributed by atoms with Gasteiger partial charge in [0.25, 0.3) is 0 Å². The van der Waals surface area contributed by atoms with Gasteiger partial charge in [0.1, 0.15) is 5.52 Å². The molecule has 0 N–H and O–H groups in total. The largest absolute Gasteiger partial charge is 0.174 e. The van der Waals surface area contributed by atoms with Crippen LogP contribution in [0.4, 0.5) is 0 Å². The molecule has 0 saturated carbocycles. The van der Waals surface area contributed by atoms with E-state index in [1.165, 1.54) is 11.7 Å². The van der Waals surface area contributed by atoms with Crippen LogP contribution in [-0.4, -0.2) is 23.9 Å². The number of aromatic nitrogens is 2. The second-order valence-corrected chi connectivity index (χ2v) is 3.30. The van der Waals surface area contributed by atoms with Crippen molar-refractivity contribution in [3.05, 3.63) is 17.7 Å². The molecule has 0 atom stereocenters. The first-order valence-electron chi connectivity index (χ1n) is 4.10. The molecule has 0 bridgehead atoms. The first kappa shape index (κ1) is 8.75. The molecule has 0 fully saturated rings. The number of rotatable bonds is 2. The average molecular weight is 185 g/mol. The molecule has 3 radical (unpaired) electrons. The summed E-state index contributed by atoms with van der Waals surface area (Å²) in [6, 6.07) is 4.05. The molecule has 61 valence electrons. The van der Waals surface area contributed by atoms with E-state index in [9.17, 15) is 0 Å². The minimum Gasteiger partial charge on any atom is -0.174 e. The zero-order valence-corrected chi connectivity index (χ0v) is 8.14. The van der Waals surface area contributed by atoms with Crippen LogP contribution in [0.25, 0.3) is 11.0 Å². The van der Waals surface area contributed by atoms with E-state index in [-0.39, 0.29) is 0 Å². The summed E-state index contributed by atoms with van der Waals surface area (Å²) in [5.41, 5.74) is 4.11. The Morgan fingerprint density at radius 3 is 2.85 bits per heavy atom. The summed E-state index contributed by atoms with van der Waals surface area (Å²) >= 11 is 1.24. The van der Waals surface area contributed by atoms with Crippen molar-refractivity contribution in [2.45, 2.75) is 13.1 Å². The first-order chi connectivity index (χ1) is 6.36. The van der Waals surface area contributed by atoms with Crippen LogP contribution in [-0.2, 0) is 6.32 Å². The molecule has 0 aliphatic carbocycles. The third kappa shape index (κ3) is 1.37. The SMILES string of the molecule is [B]Cc1ccc([B]C)c2nsnc12. The fraction of sp³-hybridized carbons (Fsp3) is 0.250. The predicted molar refractivity (Wildman–Crippen MR) is 58.1 cm³/mol. The summed E-state index contributed by atoms with van der Waals surface area (Å²) in [6.07, 6.45) is 0.520. The Hall–Kier alpha value is -0.830. The van der Waals surface area contributed by atoms with Crippen LogP contribution in [0, 0.1) is 0 Å². The lowest BCUT2D eigenvalue weighted by molar-refractivity contribution is 1.42. The standard InChI is InChI=1S/C8H7B2N2S/c1-10-6-3-2-5(4-9)7-8(6)12-13-11-7/h2-3H,4H2,1H3. The minimum atomic E-state index is 0.520. The molecule has 1 aromatic carbocycles. The molecule has 13 heavy (non-hydrogen) atoms. The van der Waals surface area contributed by atoms with E-state index in [1.54, 1.807) is 0 Å². The summed E-state index contributed by atoms with van der Waals surface area (Å²) < 4.78 is 8.47. The van der Waals surface area contributed by atoms with Crippen LogP contribution >= 0.6 is 11.7 Å². The van der Waals surface area contributed by atoms with Gasteiger partial charge in [0.2, 0.25) is 0 Å². The van der Waals surface area contributed by atoms with Crippen LogP contribution < -0.4 is 5.46 Å². The first-order valence-corrected chi connectivity index (χ1v) is 4.83. The third-order valence-corrected chi connectivity index (χ3v) is 2.59. The number of hydrogen-bond acceptors (Lipinski definition) is 3. The molecule has 0 unspecified atom stereocenters. The Morgan fingerprint density at radius 2 is 2.15 bits per heavy atom. The highest BCUT2D eigenvalue weighted by Gasteiger charge is 2.07. The Labute approximate surface area is 83.3 Å². The second kappa shape index (κ2) is 3.50. The van der Waals surface area contributed by atoms with E-state index in [0.717, 1.165) is 22.1 Å². The molecule has 0 saturated heterocycles. The van der Waals surface area contributed by atoms with Crippen LogP contribution in [0.1, 0.15) is 5.56 Å². The summed E-state index contributed by atoms with van der Waals surface area (Å²) in [4.78, 5) is 0. The monoisotopic (exact) mass is 185 g/mol. The number of nitrogens with zero attached hydrogens (tertiary/aromatic N) is 2. The van der Waals surface area contributed by atoms with E-state index < -0.39 is 0 Å². The number of benzene rings is 1. The maximum atomic E-state index is 5.59. The quantitative estimate of drug-likeness (QED) is 0.644. The molecule has 0 aliphatic heterocycles. The van der Waals surface area contributed by atoms with Gasteiger partial charge in [-0.1, -0.05) is 30.7 Å². The maximum Gasteiger partial charge on any atom is 0.151 e. The summed E-state index contributed by atoms with van der Waals surface area (Å²) in [6.45, 7) is 2.00. The average Bonchev–Trinajstić information content (AvgIpc) is 2.64. The van der Waals surface area contributed by atoms with E-state index in [1.807, 2.05) is 26.2 Å². The Kier molecular flexibility index (Phi) is 2.36. The van der Waals surface area contributed by atoms with Crippen molar-refractivity contribution >= 4 is 43.4 Å². The summed E-state index contributed by atoms with van der Waals surface area (Å²) in [7, 11) is 7.63. The molecule has 2 nitrogen and oxygen atoms in total. The van der Waals surface area contributed by atoms with Gasteiger partial charge in [-0.15, -0.1) is 0 Å². The van der Waals surface area contributed by atoms with Gasteiger partial charge in [-0.2, -0.15) is 8.75 Å². The highest BCUT2D eigenvalue weighted by molar-refractivity contribution is 7.00. The Bertz CT molecular complexity index is 389. The lowest BCUT2D eigenvalue weighted by Crippen LogP contribution is -2.12. The highest BCUT2D eigenvalue weighted by atomic mass is 32.1. The molecular weight excluding hydrogens is 178 g/mol. The fourth-order valence-corrected chi connectivity index (χ4v) is 1.93. The van der Waals surface area contributed by atoms with Crippen molar-refractivity contribution in [3.63, 3.8) is 0 Å². The molecular formula is C8H7B2N2S. The van der Waals surface area contributed by atoms with Gasteiger partial charge >= 0.3 is 0 Å². The molecule has 2 rings (SSSR count). The fourth-order valence-electron chi connectivity index (χ4n) is 1.33. The van der Waals surface area contributed by atoms with Crippen molar-refractivity contribution in [3.8, 4) is 0 Å². The van der Waals surface area contributed by atoms with Gasteiger partial charge in [-0.25, -0.2) is 0 Å². The molecule has 0 spiro atoms. The zero-order valence-electron chi connectivity index (χ0n) is 7.32. The minimum absolute atomic E-state index is 0.520. The Morgan fingerprint density at radius 1 is 1.38 bits per heavy atom. The lowest BCUT2D eigenvalue weighted by Gasteiger charge is -2.00. The van der Waals surface area contributed by atoms with Crippen LogP contribution in [0.5, 0.6) is 0 Å². The van der Waals surface area contributed by atoms with Crippen molar-refractivity contribution < 1.29 is 0 Å². The van der Waals surface area contributed by atoms with Crippen molar-refractivity contribution in [1.82, 2.24) is 8.75 Å². The molecule has 0 aliphatic rings. The molecule has 1 heterocycles. The molecule has 2 aromatic rings. The van der Waals surface area contributed by atoms with Crippen LogP contribution in [0.2, 0.25) is 6.82 Å². The van der Waals surface area contributed by atoms with Gasteiger partial charge < -0.3 is 0 Å². The maximum absolute atomic E-state index is 5.59.